The van der Waals surface area contributed by atoms with Crippen molar-refractivity contribution in [3.8, 4) is 0 Å². The summed E-state index contributed by atoms with van der Waals surface area (Å²) in [5.74, 6) is 0.383. The highest BCUT2D eigenvalue weighted by molar-refractivity contribution is 5.93. The summed E-state index contributed by atoms with van der Waals surface area (Å²) >= 11 is 0. The highest BCUT2D eigenvalue weighted by Crippen LogP contribution is 2.07. The number of aliphatic hydroxyl groups is 1. The summed E-state index contributed by atoms with van der Waals surface area (Å²) in [4.78, 5) is 10.00. The van der Waals surface area contributed by atoms with Gasteiger partial charge in [0.15, 0.2) is 0 Å². The van der Waals surface area contributed by atoms with Crippen molar-refractivity contribution in [2.45, 2.75) is 6.92 Å². The first-order valence-electron chi connectivity index (χ1n) is 4.56. The van der Waals surface area contributed by atoms with Crippen LogP contribution in [0, 0.1) is 12.3 Å². The summed E-state index contributed by atoms with van der Waals surface area (Å²) in [7, 11) is 1.77. The van der Waals surface area contributed by atoms with E-state index in [4.69, 9.17) is 16.2 Å². The summed E-state index contributed by atoms with van der Waals surface area (Å²) in [5.41, 5.74) is 6.50. The third-order valence-corrected chi connectivity index (χ3v) is 1.90. The Morgan fingerprint density at radius 2 is 2.27 bits per heavy atom. The number of hydrogen-bond donors (Lipinski definition) is 3. The van der Waals surface area contributed by atoms with Crippen molar-refractivity contribution in [3.63, 3.8) is 0 Å². The van der Waals surface area contributed by atoms with Crippen molar-refractivity contribution in [1.82, 2.24) is 9.97 Å². The molecule has 15 heavy (non-hydrogen) atoms. The number of hydrogen-bond acceptors (Lipinski definition) is 5. The van der Waals surface area contributed by atoms with Crippen LogP contribution in [0.2, 0.25) is 0 Å². The zero-order valence-corrected chi connectivity index (χ0v) is 8.86. The fourth-order valence-electron chi connectivity index (χ4n) is 1.11. The number of aliphatic hydroxyl groups excluding tert-OH is 1. The lowest BCUT2D eigenvalue weighted by molar-refractivity contribution is 0.303. The Morgan fingerprint density at radius 1 is 1.60 bits per heavy atom. The van der Waals surface area contributed by atoms with E-state index < -0.39 is 0 Å². The number of anilines is 1. The molecule has 1 heterocycles. The molecule has 0 saturated carbocycles. The molecule has 6 heteroatoms. The van der Waals surface area contributed by atoms with Crippen LogP contribution in [0.4, 0.5) is 5.95 Å². The number of likely N-dealkylation sites (N-methyl/N-ethyl adjacent to an activating group) is 1. The van der Waals surface area contributed by atoms with Crippen molar-refractivity contribution in [3.05, 3.63) is 17.5 Å². The molecule has 6 nitrogen and oxygen atoms in total. The minimum absolute atomic E-state index is 0.0310. The van der Waals surface area contributed by atoms with Gasteiger partial charge in [0.05, 0.1) is 6.61 Å². The number of nitrogens with two attached hydrogens (primary N) is 1. The van der Waals surface area contributed by atoms with Crippen molar-refractivity contribution in [2.75, 3.05) is 25.1 Å². The molecule has 0 radical (unpaired) electrons. The molecule has 0 atom stereocenters. The molecule has 82 valence electrons. The fourth-order valence-corrected chi connectivity index (χ4v) is 1.11. The van der Waals surface area contributed by atoms with E-state index in [0.29, 0.717) is 18.2 Å². The summed E-state index contributed by atoms with van der Waals surface area (Å²) in [6.07, 6.45) is 0. The Bertz CT molecular complexity index is 366. The first kappa shape index (κ1) is 11.4. The van der Waals surface area contributed by atoms with Crippen LogP contribution in [0.1, 0.15) is 11.4 Å². The fraction of sp³-hybridized carbons (Fsp3) is 0.444. The predicted octanol–water partition coefficient (Wildman–Crippen LogP) is -0.502. The molecule has 4 N–H and O–H groups in total. The molecule has 0 bridgehead atoms. The largest absolute Gasteiger partial charge is 0.395 e. The minimum atomic E-state index is -0.0841. The number of nitrogen functional groups attached to an aromatic ring is 1. The lowest BCUT2D eigenvalue weighted by atomic mass is 10.3. The van der Waals surface area contributed by atoms with Gasteiger partial charge in [0.2, 0.25) is 5.95 Å². The first-order valence-corrected chi connectivity index (χ1v) is 4.56. The quantitative estimate of drug-likeness (QED) is 0.458. The van der Waals surface area contributed by atoms with Crippen molar-refractivity contribution < 1.29 is 5.11 Å². The summed E-state index contributed by atoms with van der Waals surface area (Å²) in [5, 5.41) is 16.1. The normalized spacial score (nSPS) is 10.1. The monoisotopic (exact) mass is 209 g/mol. The molecule has 0 unspecified atom stereocenters. The van der Waals surface area contributed by atoms with Crippen LogP contribution >= 0.6 is 0 Å². The Kier molecular flexibility index (Phi) is 3.56. The van der Waals surface area contributed by atoms with E-state index in [1.807, 2.05) is 6.92 Å². The van der Waals surface area contributed by atoms with Gasteiger partial charge in [-0.2, -0.15) is 0 Å². The number of aromatic nitrogens is 2. The molecule has 1 rings (SSSR count). The lowest BCUT2D eigenvalue weighted by Gasteiger charge is -2.16. The molecule has 0 fully saturated rings. The average molecular weight is 209 g/mol. The second-order valence-electron chi connectivity index (χ2n) is 3.25. The molecule has 0 aliphatic heterocycles. The molecular weight excluding hydrogens is 194 g/mol. The molecule has 0 aromatic carbocycles. The highest BCUT2D eigenvalue weighted by atomic mass is 16.3. The van der Waals surface area contributed by atoms with Gasteiger partial charge in [-0.15, -0.1) is 0 Å². The number of nitrogens with one attached hydrogen (secondary N) is 1. The maximum absolute atomic E-state index is 8.78. The second-order valence-corrected chi connectivity index (χ2v) is 3.25. The molecule has 0 aliphatic rings. The molecular formula is C9H15N5O. The van der Waals surface area contributed by atoms with Crippen LogP contribution in [0.15, 0.2) is 6.07 Å². The van der Waals surface area contributed by atoms with E-state index in [1.54, 1.807) is 18.0 Å². The van der Waals surface area contributed by atoms with Gasteiger partial charge in [-0.05, 0) is 13.0 Å². The SMILES string of the molecule is Cc1cc(C(=N)N)nc(N(C)CCO)n1. The van der Waals surface area contributed by atoms with Gasteiger partial charge in [-0.3, -0.25) is 5.41 Å². The number of aryl methyl sites for hydroxylation is 1. The minimum Gasteiger partial charge on any atom is -0.395 e. The highest BCUT2D eigenvalue weighted by Gasteiger charge is 2.08. The summed E-state index contributed by atoms with van der Waals surface area (Å²) in [6.45, 7) is 2.29. The Balaban J connectivity index is 3.03. The van der Waals surface area contributed by atoms with Crippen LogP contribution in [0.5, 0.6) is 0 Å². The smallest absolute Gasteiger partial charge is 0.226 e. The lowest BCUT2D eigenvalue weighted by Crippen LogP contribution is -2.25. The van der Waals surface area contributed by atoms with Crippen LogP contribution in [-0.2, 0) is 0 Å². The maximum atomic E-state index is 8.78. The molecule has 1 aromatic rings. The van der Waals surface area contributed by atoms with Gasteiger partial charge in [-0.25, -0.2) is 9.97 Å². The van der Waals surface area contributed by atoms with E-state index in [-0.39, 0.29) is 12.4 Å². The first-order chi connectivity index (χ1) is 7.04. The van der Waals surface area contributed by atoms with Gasteiger partial charge >= 0.3 is 0 Å². The Morgan fingerprint density at radius 3 is 2.80 bits per heavy atom. The van der Waals surface area contributed by atoms with Crippen molar-refractivity contribution >= 4 is 11.8 Å². The van der Waals surface area contributed by atoms with Crippen LogP contribution in [0.25, 0.3) is 0 Å². The zero-order chi connectivity index (χ0) is 11.4. The average Bonchev–Trinajstić information content (AvgIpc) is 2.17. The molecule has 0 spiro atoms. The van der Waals surface area contributed by atoms with Gasteiger partial charge in [0.25, 0.3) is 0 Å². The predicted molar refractivity (Wildman–Crippen MR) is 58.1 cm³/mol. The Labute approximate surface area is 88.3 Å². The molecule has 0 saturated heterocycles. The summed E-state index contributed by atoms with van der Waals surface area (Å²) < 4.78 is 0. The van der Waals surface area contributed by atoms with Crippen molar-refractivity contribution in [2.24, 2.45) is 5.73 Å². The number of rotatable bonds is 4. The zero-order valence-electron chi connectivity index (χ0n) is 8.86. The van der Waals surface area contributed by atoms with E-state index in [2.05, 4.69) is 9.97 Å². The Hall–Kier alpha value is -1.69. The number of nitrogens with zero attached hydrogens (tertiary/aromatic N) is 3. The molecule has 1 aromatic heterocycles. The van der Waals surface area contributed by atoms with E-state index >= 15 is 0 Å². The standard InChI is InChI=1S/C9H15N5O/c1-6-5-7(8(10)11)13-9(12-6)14(2)3-4-15/h5,15H,3-4H2,1-2H3,(H3,10,11). The van der Waals surface area contributed by atoms with E-state index in [1.165, 1.54) is 0 Å². The molecule has 0 amide bonds. The second kappa shape index (κ2) is 4.70. The van der Waals surface area contributed by atoms with Crippen LogP contribution in [0.3, 0.4) is 0 Å². The third-order valence-electron chi connectivity index (χ3n) is 1.90. The van der Waals surface area contributed by atoms with Crippen molar-refractivity contribution in [1.29, 1.82) is 5.41 Å². The van der Waals surface area contributed by atoms with Gasteiger partial charge in [-0.1, -0.05) is 0 Å². The van der Waals surface area contributed by atoms with E-state index in [9.17, 15) is 0 Å². The van der Waals surface area contributed by atoms with Gasteiger partial charge < -0.3 is 15.7 Å². The van der Waals surface area contributed by atoms with Gasteiger partial charge in [0.1, 0.15) is 11.5 Å². The van der Waals surface area contributed by atoms with Crippen LogP contribution in [-0.4, -0.2) is 41.1 Å². The summed E-state index contributed by atoms with van der Waals surface area (Å²) in [6, 6.07) is 1.65. The molecule has 0 aliphatic carbocycles. The van der Waals surface area contributed by atoms with Gasteiger partial charge in [0, 0.05) is 19.3 Å². The van der Waals surface area contributed by atoms with Crippen LogP contribution < -0.4 is 10.6 Å². The topological polar surface area (TPSA) is 99.1 Å². The number of amidine groups is 1. The third kappa shape index (κ3) is 2.88. The maximum Gasteiger partial charge on any atom is 0.226 e. The van der Waals surface area contributed by atoms with E-state index in [0.717, 1.165) is 5.69 Å².